The van der Waals surface area contributed by atoms with Gasteiger partial charge in [-0.05, 0) is 49.2 Å². The van der Waals surface area contributed by atoms with Gasteiger partial charge in [-0.1, -0.05) is 23.8 Å². The van der Waals surface area contributed by atoms with E-state index in [2.05, 4.69) is 22.3 Å². The zero-order valence-corrected chi connectivity index (χ0v) is 17.6. The van der Waals surface area contributed by atoms with Crippen LogP contribution < -0.4 is 10.1 Å². The van der Waals surface area contributed by atoms with Crippen LogP contribution in [0.4, 0.5) is 5.69 Å². The molecule has 1 aliphatic rings. The van der Waals surface area contributed by atoms with Crippen LogP contribution in [0, 0.1) is 13.8 Å². The molecule has 0 saturated carbocycles. The zero-order chi connectivity index (χ0) is 19.9. The zero-order valence-electron chi connectivity index (χ0n) is 16.8. The molecule has 1 amide bonds. The maximum absolute atomic E-state index is 12.4. The largest absolute Gasteiger partial charge is 0.496 e. The first kappa shape index (κ1) is 20.5. The number of anilines is 1. The molecule has 1 heterocycles. The fourth-order valence-corrected chi connectivity index (χ4v) is 4.28. The molecule has 1 N–H and O–H groups in total. The molecule has 148 valence electrons. The number of methoxy groups -OCH3 is 1. The van der Waals surface area contributed by atoms with Gasteiger partial charge >= 0.3 is 0 Å². The van der Waals surface area contributed by atoms with Gasteiger partial charge in [0, 0.05) is 48.5 Å². The van der Waals surface area contributed by atoms with Crippen molar-refractivity contribution < 1.29 is 9.53 Å². The molecule has 0 radical (unpaired) electrons. The van der Waals surface area contributed by atoms with Crippen molar-refractivity contribution in [1.29, 1.82) is 0 Å². The van der Waals surface area contributed by atoms with Crippen LogP contribution in [-0.4, -0.2) is 42.5 Å². The van der Waals surface area contributed by atoms with Crippen molar-refractivity contribution in [3.8, 4) is 5.75 Å². The number of nitrogens with zero attached hydrogens (tertiary/aromatic N) is 1. The van der Waals surface area contributed by atoms with Crippen molar-refractivity contribution in [3.05, 3.63) is 64.7 Å². The lowest BCUT2D eigenvalue weighted by atomic mass is 10.1. The molecule has 2 aromatic rings. The van der Waals surface area contributed by atoms with Gasteiger partial charge in [-0.3, -0.25) is 9.69 Å². The van der Waals surface area contributed by atoms with E-state index in [1.807, 2.05) is 49.9 Å². The van der Waals surface area contributed by atoms with Gasteiger partial charge in [0.15, 0.2) is 0 Å². The predicted molar refractivity (Wildman–Crippen MR) is 119 cm³/mol. The number of hydrogen-bond donors (Lipinski definition) is 1. The molecule has 3 rings (SSSR count). The minimum absolute atomic E-state index is 0.146. The molecule has 0 spiro atoms. The van der Waals surface area contributed by atoms with Crippen molar-refractivity contribution >= 4 is 29.4 Å². The number of hydrogen-bond acceptors (Lipinski definition) is 4. The highest BCUT2D eigenvalue weighted by molar-refractivity contribution is 7.99. The molecule has 0 atom stereocenters. The van der Waals surface area contributed by atoms with E-state index in [1.54, 1.807) is 19.3 Å². The van der Waals surface area contributed by atoms with Gasteiger partial charge < -0.3 is 10.1 Å². The molecule has 1 saturated heterocycles. The Labute approximate surface area is 172 Å². The monoisotopic (exact) mass is 396 g/mol. The maximum Gasteiger partial charge on any atom is 0.248 e. The van der Waals surface area contributed by atoms with Crippen LogP contribution in [0.1, 0.15) is 22.3 Å². The van der Waals surface area contributed by atoms with E-state index in [-0.39, 0.29) is 5.91 Å². The lowest BCUT2D eigenvalue weighted by Crippen LogP contribution is -2.31. The van der Waals surface area contributed by atoms with E-state index < -0.39 is 0 Å². The number of ether oxygens (including phenoxy) is 1. The van der Waals surface area contributed by atoms with Gasteiger partial charge in [0.1, 0.15) is 5.75 Å². The average molecular weight is 397 g/mol. The van der Waals surface area contributed by atoms with E-state index in [0.29, 0.717) is 0 Å². The number of carbonyl (C=O) groups is 1. The van der Waals surface area contributed by atoms with E-state index in [4.69, 9.17) is 4.74 Å². The Morgan fingerprint density at radius 3 is 2.68 bits per heavy atom. The van der Waals surface area contributed by atoms with Crippen molar-refractivity contribution in [3.63, 3.8) is 0 Å². The Bertz CT molecular complexity index is 858. The molecular formula is C23H28N2O2S. The summed E-state index contributed by atoms with van der Waals surface area (Å²) < 4.78 is 5.36. The van der Waals surface area contributed by atoms with Crippen LogP contribution in [-0.2, 0) is 11.3 Å². The predicted octanol–water partition coefficient (Wildman–Crippen LogP) is 4.51. The van der Waals surface area contributed by atoms with Crippen LogP contribution in [0.2, 0.25) is 0 Å². The average Bonchev–Trinajstić information content (AvgIpc) is 2.69. The fraction of sp³-hybridized carbons (Fsp3) is 0.348. The molecule has 0 unspecified atom stereocenters. The van der Waals surface area contributed by atoms with Crippen LogP contribution in [0.15, 0.2) is 42.5 Å². The molecule has 0 aliphatic carbocycles. The fourth-order valence-electron chi connectivity index (χ4n) is 3.31. The second-order valence-corrected chi connectivity index (χ2v) is 8.33. The summed E-state index contributed by atoms with van der Waals surface area (Å²) in [5.41, 5.74) is 5.24. The Hall–Kier alpha value is -2.24. The van der Waals surface area contributed by atoms with Gasteiger partial charge in [0.25, 0.3) is 0 Å². The lowest BCUT2D eigenvalue weighted by molar-refractivity contribution is -0.111. The van der Waals surface area contributed by atoms with E-state index >= 15 is 0 Å². The number of rotatable bonds is 6. The highest BCUT2D eigenvalue weighted by atomic mass is 32.2. The Morgan fingerprint density at radius 2 is 1.96 bits per heavy atom. The molecule has 2 aromatic carbocycles. The van der Waals surface area contributed by atoms with Crippen molar-refractivity contribution in [2.24, 2.45) is 0 Å². The summed E-state index contributed by atoms with van der Waals surface area (Å²) in [5.74, 6) is 3.04. The number of nitrogens with one attached hydrogen (secondary N) is 1. The van der Waals surface area contributed by atoms with E-state index in [0.717, 1.165) is 47.8 Å². The van der Waals surface area contributed by atoms with Gasteiger partial charge in [-0.25, -0.2) is 0 Å². The molecule has 0 aromatic heterocycles. The lowest BCUT2D eigenvalue weighted by Gasteiger charge is -2.26. The molecule has 4 nitrogen and oxygen atoms in total. The number of carbonyl (C=O) groups excluding carboxylic acids is 1. The molecular weight excluding hydrogens is 368 g/mol. The minimum Gasteiger partial charge on any atom is -0.496 e. The van der Waals surface area contributed by atoms with Gasteiger partial charge in [-0.15, -0.1) is 0 Å². The maximum atomic E-state index is 12.4. The van der Waals surface area contributed by atoms with Gasteiger partial charge in [0.2, 0.25) is 5.91 Å². The van der Waals surface area contributed by atoms with Crippen molar-refractivity contribution in [2.75, 3.05) is 37.0 Å². The number of thioether (sulfide) groups is 1. The standard InChI is InChI=1S/C23H28N2O2S/c1-17-4-8-22(27-3)20(14-17)6-9-23(26)24-21-7-5-19(15-18(21)2)16-25-10-12-28-13-11-25/h4-9,14-15H,10-13,16H2,1-3H3,(H,24,26)/b9-6+. The van der Waals surface area contributed by atoms with Crippen LogP contribution in [0.3, 0.4) is 0 Å². The van der Waals surface area contributed by atoms with E-state index in [9.17, 15) is 4.79 Å². The summed E-state index contributed by atoms with van der Waals surface area (Å²) >= 11 is 2.02. The summed E-state index contributed by atoms with van der Waals surface area (Å²) in [6.07, 6.45) is 3.34. The normalized spacial score (nSPS) is 15.0. The molecule has 28 heavy (non-hydrogen) atoms. The first-order chi connectivity index (χ1) is 13.5. The third-order valence-corrected chi connectivity index (χ3v) is 5.80. The smallest absolute Gasteiger partial charge is 0.248 e. The van der Waals surface area contributed by atoms with Crippen molar-refractivity contribution in [1.82, 2.24) is 4.90 Å². The third kappa shape index (κ3) is 5.63. The molecule has 5 heteroatoms. The first-order valence-corrected chi connectivity index (χ1v) is 10.7. The number of benzene rings is 2. The summed E-state index contributed by atoms with van der Waals surface area (Å²) in [6, 6.07) is 12.2. The quantitative estimate of drug-likeness (QED) is 0.730. The highest BCUT2D eigenvalue weighted by Crippen LogP contribution is 2.22. The number of aryl methyl sites for hydroxylation is 2. The second kappa shape index (κ2) is 9.80. The molecule has 1 fully saturated rings. The van der Waals surface area contributed by atoms with Crippen LogP contribution in [0.5, 0.6) is 5.75 Å². The van der Waals surface area contributed by atoms with Crippen LogP contribution >= 0.6 is 11.8 Å². The van der Waals surface area contributed by atoms with Crippen molar-refractivity contribution in [2.45, 2.75) is 20.4 Å². The van der Waals surface area contributed by atoms with Gasteiger partial charge in [-0.2, -0.15) is 11.8 Å². The third-order valence-electron chi connectivity index (χ3n) is 4.86. The molecule has 0 bridgehead atoms. The minimum atomic E-state index is -0.146. The van der Waals surface area contributed by atoms with E-state index in [1.165, 1.54) is 17.1 Å². The Balaban J connectivity index is 1.63. The van der Waals surface area contributed by atoms with Crippen LogP contribution in [0.25, 0.3) is 6.08 Å². The first-order valence-electron chi connectivity index (χ1n) is 9.58. The molecule has 1 aliphatic heterocycles. The Kier molecular flexibility index (Phi) is 7.18. The van der Waals surface area contributed by atoms with Gasteiger partial charge in [0.05, 0.1) is 7.11 Å². The Morgan fingerprint density at radius 1 is 1.18 bits per heavy atom. The summed E-state index contributed by atoms with van der Waals surface area (Å²) in [6.45, 7) is 7.33. The summed E-state index contributed by atoms with van der Waals surface area (Å²) in [5, 5.41) is 2.98. The number of amides is 1. The summed E-state index contributed by atoms with van der Waals surface area (Å²) in [7, 11) is 1.63. The SMILES string of the molecule is COc1ccc(C)cc1/C=C/C(=O)Nc1ccc(CN2CCSCC2)cc1C. The second-order valence-electron chi connectivity index (χ2n) is 7.11. The summed E-state index contributed by atoms with van der Waals surface area (Å²) in [4.78, 5) is 14.9. The highest BCUT2D eigenvalue weighted by Gasteiger charge is 2.11. The topological polar surface area (TPSA) is 41.6 Å².